The van der Waals surface area contributed by atoms with Gasteiger partial charge in [-0.05, 0) is 52.2 Å². The zero-order chi connectivity index (χ0) is 25.6. The van der Waals surface area contributed by atoms with Crippen LogP contribution in [0.3, 0.4) is 0 Å². The number of esters is 3. The summed E-state index contributed by atoms with van der Waals surface area (Å²) in [5, 5.41) is 10.9. The van der Waals surface area contributed by atoms with Crippen molar-refractivity contribution in [3.8, 4) is 0 Å². The van der Waals surface area contributed by atoms with Crippen LogP contribution in [-0.4, -0.2) is 61.1 Å². The smallest absolute Gasteiger partial charge is 0.353 e. The highest BCUT2D eigenvalue weighted by Gasteiger charge is 2.58. The molecule has 0 aliphatic carbocycles. The number of rotatable bonds is 16. The van der Waals surface area contributed by atoms with Crippen molar-refractivity contribution in [2.45, 2.75) is 71.0 Å². The molecule has 0 saturated heterocycles. The molecule has 0 aliphatic heterocycles. The molecule has 1 aromatic carbocycles. The van der Waals surface area contributed by atoms with E-state index in [0.717, 1.165) is 6.42 Å². The van der Waals surface area contributed by atoms with Crippen LogP contribution in [0.4, 0.5) is 8.78 Å². The summed E-state index contributed by atoms with van der Waals surface area (Å²) < 4.78 is 47.2. The molecule has 0 saturated carbocycles. The van der Waals surface area contributed by atoms with E-state index >= 15 is 0 Å². The number of halogens is 2. The minimum absolute atomic E-state index is 0.0630. The molecule has 8 nitrogen and oxygen atoms in total. The summed E-state index contributed by atoms with van der Waals surface area (Å²) in [6.45, 7) is 4.06. The first kappa shape index (κ1) is 29.4. The number of aliphatic hydroxyl groups is 1. The summed E-state index contributed by atoms with van der Waals surface area (Å²) in [5.41, 5.74) is -2.94. The van der Waals surface area contributed by atoms with Crippen molar-refractivity contribution in [3.05, 3.63) is 35.4 Å². The number of hydrogen-bond acceptors (Lipinski definition) is 8. The van der Waals surface area contributed by atoms with Gasteiger partial charge in [-0.2, -0.15) is 0 Å². The van der Waals surface area contributed by atoms with Crippen LogP contribution in [0, 0.1) is 11.6 Å². The fourth-order valence-electron chi connectivity index (χ4n) is 3.26. The van der Waals surface area contributed by atoms with Gasteiger partial charge < -0.3 is 24.1 Å². The van der Waals surface area contributed by atoms with Gasteiger partial charge in [-0.3, -0.25) is 0 Å². The Morgan fingerprint density at radius 1 is 0.853 bits per heavy atom. The maximum absolute atomic E-state index is 13.6. The van der Waals surface area contributed by atoms with Gasteiger partial charge in [0.25, 0.3) is 5.60 Å². The van der Waals surface area contributed by atoms with E-state index in [-0.39, 0.29) is 38.4 Å². The Kier molecular flexibility index (Phi) is 13.3. The van der Waals surface area contributed by atoms with E-state index in [4.69, 9.17) is 18.9 Å². The third-order valence-electron chi connectivity index (χ3n) is 4.97. The van der Waals surface area contributed by atoms with E-state index in [1.54, 1.807) is 0 Å². The predicted molar refractivity (Wildman–Crippen MR) is 118 cm³/mol. The molecule has 0 amide bonds. The van der Waals surface area contributed by atoms with E-state index in [1.165, 1.54) is 39.0 Å². The average molecular weight is 489 g/mol. The first-order chi connectivity index (χ1) is 16.2. The van der Waals surface area contributed by atoms with Gasteiger partial charge in [0, 0.05) is 12.2 Å². The van der Waals surface area contributed by atoms with Gasteiger partial charge in [-0.25, -0.2) is 23.2 Å². The van der Waals surface area contributed by atoms with E-state index in [2.05, 4.69) is 0 Å². The largest absolute Gasteiger partial charge is 0.464 e. The van der Waals surface area contributed by atoms with Crippen LogP contribution in [-0.2, 0) is 39.8 Å². The van der Waals surface area contributed by atoms with Crippen molar-refractivity contribution in [2.75, 3.05) is 26.4 Å². The SMILES string of the molecule is CCOC(=O)C(OCCCCCCCc1c(F)cccc1F)C(O)(C(=O)OCC)C(=O)OCC. The monoisotopic (exact) mass is 488 g/mol. The van der Waals surface area contributed by atoms with Crippen LogP contribution in [0.2, 0.25) is 0 Å². The molecule has 0 radical (unpaired) electrons. The van der Waals surface area contributed by atoms with Crippen molar-refractivity contribution in [2.24, 2.45) is 0 Å². The average Bonchev–Trinajstić information content (AvgIpc) is 2.79. The quantitative estimate of drug-likeness (QED) is 0.164. The molecular weight excluding hydrogens is 454 g/mol. The number of ether oxygens (including phenoxy) is 4. The van der Waals surface area contributed by atoms with Crippen LogP contribution in [0.5, 0.6) is 0 Å². The van der Waals surface area contributed by atoms with E-state index < -0.39 is 41.2 Å². The maximum atomic E-state index is 13.6. The Morgan fingerprint density at radius 2 is 1.35 bits per heavy atom. The third-order valence-corrected chi connectivity index (χ3v) is 4.97. The van der Waals surface area contributed by atoms with Gasteiger partial charge >= 0.3 is 17.9 Å². The van der Waals surface area contributed by atoms with Gasteiger partial charge in [0.05, 0.1) is 19.8 Å². The van der Waals surface area contributed by atoms with Crippen LogP contribution in [0.1, 0.15) is 58.4 Å². The number of carbonyl (C=O) groups is 3. The van der Waals surface area contributed by atoms with Crippen molar-refractivity contribution < 1.29 is 47.2 Å². The summed E-state index contributed by atoms with van der Waals surface area (Å²) >= 11 is 0. The Morgan fingerprint density at radius 3 is 1.88 bits per heavy atom. The molecule has 0 aromatic heterocycles. The Balaban J connectivity index is 2.64. The van der Waals surface area contributed by atoms with Gasteiger partial charge in [-0.1, -0.05) is 25.3 Å². The normalized spacial score (nSPS) is 12.2. The molecule has 1 aromatic rings. The van der Waals surface area contributed by atoms with Gasteiger partial charge in [0.1, 0.15) is 11.6 Å². The minimum atomic E-state index is -3.01. The number of unbranched alkanes of at least 4 members (excludes halogenated alkanes) is 4. The first-order valence-electron chi connectivity index (χ1n) is 11.5. The van der Waals surface area contributed by atoms with Crippen LogP contribution in [0.25, 0.3) is 0 Å². The van der Waals surface area contributed by atoms with Crippen LogP contribution < -0.4 is 0 Å². The lowest BCUT2D eigenvalue weighted by Crippen LogP contribution is -2.61. The second kappa shape index (κ2) is 15.3. The number of benzene rings is 1. The molecule has 0 heterocycles. The second-order valence-corrected chi connectivity index (χ2v) is 7.43. The molecule has 34 heavy (non-hydrogen) atoms. The summed E-state index contributed by atoms with van der Waals surface area (Å²) in [7, 11) is 0. The number of carbonyl (C=O) groups excluding carboxylic acids is 3. The van der Waals surface area contributed by atoms with E-state index in [1.807, 2.05) is 0 Å². The zero-order valence-electron chi connectivity index (χ0n) is 19.9. The lowest BCUT2D eigenvalue weighted by molar-refractivity contribution is -0.208. The third kappa shape index (κ3) is 8.32. The molecule has 0 aliphatic rings. The Bertz CT molecular complexity index is 761. The van der Waals surface area contributed by atoms with E-state index in [9.17, 15) is 28.3 Å². The fourth-order valence-corrected chi connectivity index (χ4v) is 3.26. The molecule has 0 bridgehead atoms. The highest BCUT2D eigenvalue weighted by Crippen LogP contribution is 2.22. The van der Waals surface area contributed by atoms with E-state index in [0.29, 0.717) is 25.7 Å². The molecule has 1 unspecified atom stereocenters. The summed E-state index contributed by atoms with van der Waals surface area (Å²) in [4.78, 5) is 37.2. The van der Waals surface area contributed by atoms with Crippen LogP contribution >= 0.6 is 0 Å². The Hall–Kier alpha value is -2.59. The zero-order valence-corrected chi connectivity index (χ0v) is 19.9. The predicted octanol–water partition coefficient (Wildman–Crippen LogP) is 3.26. The highest BCUT2D eigenvalue weighted by atomic mass is 19.1. The van der Waals surface area contributed by atoms with Crippen LogP contribution in [0.15, 0.2) is 18.2 Å². The lowest BCUT2D eigenvalue weighted by Gasteiger charge is -2.30. The molecule has 1 rings (SSSR count). The number of hydrogen-bond donors (Lipinski definition) is 1. The molecule has 1 atom stereocenters. The van der Waals surface area contributed by atoms with Crippen molar-refractivity contribution in [1.29, 1.82) is 0 Å². The lowest BCUT2D eigenvalue weighted by atomic mass is 9.96. The molecule has 10 heteroatoms. The first-order valence-corrected chi connectivity index (χ1v) is 11.5. The topological polar surface area (TPSA) is 108 Å². The Labute approximate surface area is 198 Å². The minimum Gasteiger partial charge on any atom is -0.464 e. The summed E-state index contributed by atoms with van der Waals surface area (Å²) in [6, 6.07) is 3.77. The van der Waals surface area contributed by atoms with Gasteiger partial charge in [0.15, 0.2) is 0 Å². The molecule has 0 fully saturated rings. The summed E-state index contributed by atoms with van der Waals surface area (Å²) in [5.74, 6) is -4.96. The molecule has 0 spiro atoms. The standard InChI is InChI=1S/C24H34F2O8/c1-4-31-21(27)20(24(30,22(28)32-5-2)23(29)33-6-3)34-16-11-9-7-8-10-13-17-18(25)14-12-15-19(17)26/h12,14-15,20,30H,4-11,13,16H2,1-3H3. The molecular formula is C24H34F2O8. The van der Waals surface area contributed by atoms with Crippen molar-refractivity contribution >= 4 is 17.9 Å². The van der Waals surface area contributed by atoms with Gasteiger partial charge in [-0.15, -0.1) is 0 Å². The van der Waals surface area contributed by atoms with Crippen molar-refractivity contribution in [1.82, 2.24) is 0 Å². The van der Waals surface area contributed by atoms with Gasteiger partial charge in [0.2, 0.25) is 6.10 Å². The van der Waals surface area contributed by atoms with Crippen molar-refractivity contribution in [3.63, 3.8) is 0 Å². The highest BCUT2D eigenvalue weighted by molar-refractivity contribution is 6.08. The molecule has 192 valence electrons. The maximum Gasteiger partial charge on any atom is 0.353 e. The fraction of sp³-hybridized carbons (Fsp3) is 0.625. The molecule has 1 N–H and O–H groups in total. The second-order valence-electron chi connectivity index (χ2n) is 7.43. The summed E-state index contributed by atoms with van der Waals surface area (Å²) in [6.07, 6.45) is 1.43.